The molecule has 0 saturated heterocycles. The number of aromatic nitrogens is 2. The fourth-order valence-electron chi connectivity index (χ4n) is 3.99. The smallest absolute Gasteiger partial charge is 0.872 e. The fraction of sp³-hybridized carbons (Fsp3) is 0. The maximum atomic E-state index is 11.8. The second-order valence-electron chi connectivity index (χ2n) is 7.27. The molecule has 0 aliphatic rings. The molecule has 0 amide bonds. The molecule has 0 atom stereocenters. The Morgan fingerprint density at radius 3 is 1.68 bits per heavy atom. The van der Waals surface area contributed by atoms with Crippen LogP contribution in [0.2, 0.25) is 0 Å². The van der Waals surface area contributed by atoms with Gasteiger partial charge in [-0.25, -0.2) is 9.97 Å². The number of benzene rings is 4. The van der Waals surface area contributed by atoms with Crippen molar-refractivity contribution in [3.05, 3.63) is 110 Å². The van der Waals surface area contributed by atoms with Crippen molar-refractivity contribution in [1.82, 2.24) is 0 Å². The Morgan fingerprint density at radius 2 is 1.03 bits per heavy atom. The van der Waals surface area contributed by atoms with Gasteiger partial charge in [0.1, 0.15) is 0 Å². The van der Waals surface area contributed by atoms with E-state index in [-0.39, 0.29) is 15.9 Å². The van der Waals surface area contributed by atoms with Crippen LogP contribution in [0.3, 0.4) is 0 Å². The first-order chi connectivity index (χ1) is 14.7. The molecule has 4 heteroatoms. The number of fused-ring (bicyclic) bond motifs is 6. The minimum absolute atomic E-state index is 0. The van der Waals surface area contributed by atoms with Crippen LogP contribution in [0.4, 0.5) is 0 Å². The predicted molar refractivity (Wildman–Crippen MR) is 126 cm³/mol. The summed E-state index contributed by atoms with van der Waals surface area (Å²) in [6.45, 7) is 4.08. The molecule has 0 spiro atoms. The summed E-state index contributed by atoms with van der Waals surface area (Å²) in [7, 11) is 0. The van der Waals surface area contributed by atoms with Crippen molar-refractivity contribution in [3.63, 3.8) is 0 Å². The third kappa shape index (κ3) is 3.68. The third-order valence-corrected chi connectivity index (χ3v) is 5.40. The Balaban J connectivity index is 0.000000144. The van der Waals surface area contributed by atoms with Crippen molar-refractivity contribution in [2.24, 2.45) is 0 Å². The van der Waals surface area contributed by atoms with Gasteiger partial charge in [0.05, 0.1) is 0 Å². The molecule has 31 heavy (non-hydrogen) atoms. The average molecular weight is 397 g/mol. The van der Waals surface area contributed by atoms with Crippen LogP contribution in [0, 0.1) is 6.92 Å². The van der Waals surface area contributed by atoms with Crippen LogP contribution in [0.15, 0.2) is 97.3 Å². The molecule has 0 aliphatic carbocycles. The molecule has 2 heterocycles. The van der Waals surface area contributed by atoms with E-state index in [4.69, 9.17) is 0 Å². The van der Waals surface area contributed by atoms with Gasteiger partial charge in [0.25, 0.3) is 0 Å². The van der Waals surface area contributed by atoms with Crippen molar-refractivity contribution in [3.8, 4) is 5.75 Å². The molecule has 4 aromatic carbocycles. The van der Waals surface area contributed by atoms with Gasteiger partial charge in [-0.2, -0.15) is 18.6 Å². The summed E-state index contributed by atoms with van der Waals surface area (Å²) in [6.07, 6.45) is 3.79. The number of rotatable bonds is 0. The summed E-state index contributed by atoms with van der Waals surface area (Å²) in [5, 5.41) is 18.3. The van der Waals surface area contributed by atoms with Crippen LogP contribution in [0.25, 0.3) is 43.4 Å². The molecule has 0 unspecified atom stereocenters. The largest absolute Gasteiger partial charge is 2.00 e. The number of H-pyrrole nitrogens is 2. The van der Waals surface area contributed by atoms with E-state index in [1.165, 1.54) is 21.7 Å². The Bertz CT molecular complexity index is 1410. The quantitative estimate of drug-likeness (QED) is 0.212. The van der Waals surface area contributed by atoms with Gasteiger partial charge in [-0.3, -0.25) is 0 Å². The van der Waals surface area contributed by atoms with E-state index in [0.29, 0.717) is 0 Å². The number of hydrogen-bond donors (Lipinski definition) is 0. The topological polar surface area (TPSA) is 51.3 Å². The van der Waals surface area contributed by atoms with Gasteiger partial charge in [0.2, 0.25) is 5.52 Å². The molecule has 6 aromatic rings. The Morgan fingerprint density at radius 1 is 0.548 bits per heavy atom. The molecule has 0 aliphatic heterocycles. The molecule has 6 rings (SSSR count). The molecule has 0 radical (unpaired) electrons. The zero-order valence-electron chi connectivity index (χ0n) is 17.1. The van der Waals surface area contributed by atoms with Crippen molar-refractivity contribution in [2.45, 2.75) is 0 Å². The Kier molecular flexibility index (Phi) is 5.53. The second-order valence-corrected chi connectivity index (χ2v) is 7.27. The van der Waals surface area contributed by atoms with Gasteiger partial charge in [0.15, 0.2) is 17.9 Å². The number of nitrogens with one attached hydrogen (secondary N) is 2. The van der Waals surface area contributed by atoms with E-state index >= 15 is 0 Å². The molecular formula is C27H20BeN2O+2. The number of hydrogen-bond acceptors (Lipinski definition) is 1. The van der Waals surface area contributed by atoms with Gasteiger partial charge < -0.3 is 5.11 Å². The standard InChI is InChI=1S/C14H10N.C13H9NO.Be/c1-10-4-2-5-11-7-8-12-6-3-9-15-14(12)13(10)11;15-11-5-1-3-9-6-7-10-4-2-8-14-13(10)12(9)11;/h2-9H,1H2;1-8,15H;/q-1;;+2/p+1. The summed E-state index contributed by atoms with van der Waals surface area (Å²) >= 11 is 0. The summed E-state index contributed by atoms with van der Waals surface area (Å²) in [5.41, 5.74) is 3.15. The SMILES string of the molecule is [Be+2].[CH2-]c1cccc2ccc3ccc[nH+]c3c12.[O-]c1cccc2ccc3ccc[nH+]c3c12. The van der Waals surface area contributed by atoms with Crippen molar-refractivity contribution < 1.29 is 15.1 Å². The van der Waals surface area contributed by atoms with Crippen LogP contribution < -0.4 is 15.1 Å². The normalized spacial score (nSPS) is 10.6. The first-order valence-electron chi connectivity index (χ1n) is 9.86. The van der Waals surface area contributed by atoms with E-state index in [1.54, 1.807) is 12.1 Å². The van der Waals surface area contributed by atoms with E-state index in [9.17, 15) is 5.11 Å². The van der Waals surface area contributed by atoms with Gasteiger partial charge in [-0.05, 0) is 35.0 Å². The van der Waals surface area contributed by atoms with Crippen molar-refractivity contribution >= 4 is 53.5 Å². The number of pyridine rings is 2. The van der Waals surface area contributed by atoms with E-state index in [0.717, 1.165) is 27.2 Å². The number of aromatic amines is 2. The molecule has 144 valence electrons. The maximum absolute atomic E-state index is 11.8. The molecule has 2 aromatic heterocycles. The Hall–Kier alpha value is -3.94. The van der Waals surface area contributed by atoms with Crippen molar-refractivity contribution in [2.75, 3.05) is 0 Å². The van der Waals surface area contributed by atoms with E-state index in [1.807, 2.05) is 60.9 Å². The summed E-state index contributed by atoms with van der Waals surface area (Å²) in [5.74, 6) is 0.0700. The predicted octanol–water partition coefficient (Wildman–Crippen LogP) is 4.49. The van der Waals surface area contributed by atoms with Gasteiger partial charge in [0, 0.05) is 28.3 Å². The monoisotopic (exact) mass is 397 g/mol. The van der Waals surface area contributed by atoms with E-state index < -0.39 is 0 Å². The molecule has 3 nitrogen and oxygen atoms in total. The van der Waals surface area contributed by atoms with E-state index in [2.05, 4.69) is 41.2 Å². The van der Waals surface area contributed by atoms with Crippen LogP contribution in [0.5, 0.6) is 5.75 Å². The molecule has 2 N–H and O–H groups in total. The van der Waals surface area contributed by atoms with Crippen LogP contribution >= 0.6 is 0 Å². The van der Waals surface area contributed by atoms with Crippen molar-refractivity contribution in [1.29, 1.82) is 0 Å². The molecule has 0 saturated carbocycles. The van der Waals surface area contributed by atoms with Gasteiger partial charge in [-0.15, -0.1) is 6.07 Å². The summed E-state index contributed by atoms with van der Waals surface area (Å²) in [6, 6.07) is 27.9. The minimum atomic E-state index is 0. The van der Waals surface area contributed by atoms with Crippen LogP contribution in [0.1, 0.15) is 5.56 Å². The summed E-state index contributed by atoms with van der Waals surface area (Å²) in [4.78, 5) is 6.43. The first kappa shape index (κ1) is 20.3. The first-order valence-corrected chi connectivity index (χ1v) is 9.86. The zero-order valence-corrected chi connectivity index (χ0v) is 17.1. The minimum Gasteiger partial charge on any atom is -0.872 e. The van der Waals surface area contributed by atoms with Crippen LogP contribution in [-0.2, 0) is 0 Å². The third-order valence-electron chi connectivity index (χ3n) is 5.40. The van der Waals surface area contributed by atoms with Crippen LogP contribution in [-0.4, -0.2) is 10.1 Å². The maximum Gasteiger partial charge on any atom is 2.00 e. The second kappa shape index (κ2) is 8.43. The summed E-state index contributed by atoms with van der Waals surface area (Å²) < 4.78 is 0. The fourth-order valence-corrected chi connectivity index (χ4v) is 3.99. The average Bonchev–Trinajstić information content (AvgIpc) is 2.79. The van der Waals surface area contributed by atoms with Gasteiger partial charge >= 0.3 is 10.1 Å². The molecule has 0 fully saturated rings. The Labute approximate surface area is 184 Å². The molecular weight excluding hydrogens is 377 g/mol. The zero-order chi connectivity index (χ0) is 20.5. The molecule has 0 bridgehead atoms. The van der Waals surface area contributed by atoms with Gasteiger partial charge in [-0.1, -0.05) is 47.5 Å².